The first-order valence-electron chi connectivity index (χ1n) is 8.49. The number of carboxylic acid groups (broad SMARTS) is 2. The molecule has 130 valence electrons. The fourth-order valence-corrected chi connectivity index (χ4v) is 4.36. The van der Waals surface area contributed by atoms with Gasteiger partial charge in [-0.1, -0.05) is 74.5 Å². The molecule has 2 aromatic carbocycles. The van der Waals surface area contributed by atoms with Gasteiger partial charge in [-0.15, -0.1) is 0 Å². The Morgan fingerprint density at radius 2 is 1.36 bits per heavy atom. The van der Waals surface area contributed by atoms with Crippen molar-refractivity contribution in [3.8, 4) is 0 Å². The molecule has 0 heterocycles. The number of carbonyl (C=O) groups is 2. The molecular weight excluding hydrogens is 316 g/mol. The largest absolute Gasteiger partial charge is 0.480 e. The highest BCUT2D eigenvalue weighted by molar-refractivity contribution is 6.04. The maximum atomic E-state index is 12.1. The van der Waals surface area contributed by atoms with Gasteiger partial charge in [-0.25, -0.2) is 0 Å². The molecular formula is C21H22O4. The molecule has 1 aliphatic rings. The summed E-state index contributed by atoms with van der Waals surface area (Å²) in [7, 11) is 0. The van der Waals surface area contributed by atoms with E-state index in [1.165, 1.54) is 0 Å². The van der Waals surface area contributed by atoms with E-state index in [4.69, 9.17) is 0 Å². The summed E-state index contributed by atoms with van der Waals surface area (Å²) in [5, 5.41) is 19.7. The summed E-state index contributed by atoms with van der Waals surface area (Å²) in [5.74, 6) is -3.53. The Hall–Kier alpha value is -2.62. The van der Waals surface area contributed by atoms with Gasteiger partial charge in [0.25, 0.3) is 0 Å². The predicted molar refractivity (Wildman–Crippen MR) is 94.4 cm³/mol. The number of aliphatic carboxylic acids is 2. The van der Waals surface area contributed by atoms with E-state index in [9.17, 15) is 19.8 Å². The Morgan fingerprint density at radius 3 is 1.80 bits per heavy atom. The van der Waals surface area contributed by atoms with Crippen LogP contribution in [0.4, 0.5) is 0 Å². The van der Waals surface area contributed by atoms with E-state index in [2.05, 4.69) is 0 Å². The van der Waals surface area contributed by atoms with E-state index >= 15 is 0 Å². The van der Waals surface area contributed by atoms with E-state index in [0.717, 1.165) is 11.1 Å². The number of carboxylic acids is 2. The maximum Gasteiger partial charge on any atom is 0.322 e. The molecule has 4 heteroatoms. The third kappa shape index (κ3) is 2.62. The lowest BCUT2D eigenvalue weighted by atomic mass is 9.81. The number of rotatable bonds is 6. The van der Waals surface area contributed by atoms with Crippen LogP contribution in [0.15, 0.2) is 60.7 Å². The van der Waals surface area contributed by atoms with E-state index in [1.54, 1.807) is 0 Å². The van der Waals surface area contributed by atoms with Crippen LogP contribution in [0.3, 0.4) is 0 Å². The van der Waals surface area contributed by atoms with E-state index in [0.29, 0.717) is 0 Å². The molecule has 4 nitrogen and oxygen atoms in total. The van der Waals surface area contributed by atoms with Crippen LogP contribution in [-0.4, -0.2) is 22.2 Å². The molecule has 3 atom stereocenters. The quantitative estimate of drug-likeness (QED) is 0.781. The monoisotopic (exact) mass is 338 g/mol. The molecule has 3 rings (SSSR count). The molecule has 3 unspecified atom stereocenters. The molecule has 1 fully saturated rings. The van der Waals surface area contributed by atoms with E-state index < -0.39 is 29.2 Å². The summed E-state index contributed by atoms with van der Waals surface area (Å²) in [6, 6.07) is 18.8. The van der Waals surface area contributed by atoms with E-state index in [-0.39, 0.29) is 11.8 Å². The van der Waals surface area contributed by atoms with Gasteiger partial charge in [-0.2, -0.15) is 0 Å². The van der Waals surface area contributed by atoms with Gasteiger partial charge < -0.3 is 10.2 Å². The standard InChI is InChI=1S/C21H22O4/c1-13(2)16(14-9-5-3-6-10-14)18-17(15-11-7-4-8-12-15)21(18,19(22)23)20(24)25/h3-13,16-18H,1-2H3,(H,22,23)(H,24,25). The van der Waals surface area contributed by atoms with Gasteiger partial charge in [0.2, 0.25) is 0 Å². The minimum absolute atomic E-state index is 0.124. The topological polar surface area (TPSA) is 74.6 Å². The average molecular weight is 338 g/mol. The normalized spacial score (nSPS) is 22.4. The van der Waals surface area contributed by atoms with Crippen LogP contribution in [0.1, 0.15) is 36.8 Å². The van der Waals surface area contributed by atoms with Crippen molar-refractivity contribution in [2.45, 2.75) is 25.7 Å². The highest BCUT2D eigenvalue weighted by Gasteiger charge is 2.77. The molecule has 2 N–H and O–H groups in total. The zero-order valence-electron chi connectivity index (χ0n) is 14.3. The van der Waals surface area contributed by atoms with Gasteiger partial charge in [-0.3, -0.25) is 9.59 Å². The minimum atomic E-state index is -1.77. The van der Waals surface area contributed by atoms with Gasteiger partial charge in [0.05, 0.1) is 0 Å². The molecule has 0 bridgehead atoms. The highest BCUT2D eigenvalue weighted by atomic mass is 16.4. The molecule has 0 radical (unpaired) electrons. The van der Waals surface area contributed by atoms with Crippen molar-refractivity contribution in [2.75, 3.05) is 0 Å². The van der Waals surface area contributed by atoms with Crippen molar-refractivity contribution in [3.05, 3.63) is 71.8 Å². The lowest BCUT2D eigenvalue weighted by Crippen LogP contribution is -2.30. The zero-order valence-corrected chi connectivity index (χ0v) is 14.3. The molecule has 0 saturated heterocycles. The molecule has 0 aliphatic heterocycles. The van der Waals surface area contributed by atoms with Gasteiger partial charge in [0, 0.05) is 11.8 Å². The third-order valence-corrected chi connectivity index (χ3v) is 5.42. The first-order chi connectivity index (χ1) is 11.9. The second-order valence-electron chi connectivity index (χ2n) is 7.07. The van der Waals surface area contributed by atoms with Gasteiger partial charge in [-0.05, 0) is 23.0 Å². The van der Waals surface area contributed by atoms with Crippen molar-refractivity contribution < 1.29 is 19.8 Å². The van der Waals surface area contributed by atoms with Crippen LogP contribution in [0.2, 0.25) is 0 Å². The Balaban J connectivity index is 2.14. The van der Waals surface area contributed by atoms with Gasteiger partial charge >= 0.3 is 11.9 Å². The molecule has 0 spiro atoms. The summed E-state index contributed by atoms with van der Waals surface area (Å²) < 4.78 is 0. The Kier molecular flexibility index (Phi) is 4.38. The molecule has 0 aromatic heterocycles. The smallest absolute Gasteiger partial charge is 0.322 e. The van der Waals surface area contributed by atoms with Crippen molar-refractivity contribution in [1.82, 2.24) is 0 Å². The number of benzene rings is 2. The van der Waals surface area contributed by atoms with Crippen LogP contribution in [-0.2, 0) is 9.59 Å². The van der Waals surface area contributed by atoms with Crippen molar-refractivity contribution >= 4 is 11.9 Å². The first kappa shape index (κ1) is 17.2. The summed E-state index contributed by atoms with van der Waals surface area (Å²) >= 11 is 0. The predicted octanol–water partition coefficient (Wildman–Crippen LogP) is 4.00. The lowest BCUT2D eigenvalue weighted by Gasteiger charge is -2.23. The Labute approximate surface area is 147 Å². The molecule has 2 aromatic rings. The molecule has 1 aliphatic carbocycles. The van der Waals surface area contributed by atoms with Crippen LogP contribution in [0.5, 0.6) is 0 Å². The van der Waals surface area contributed by atoms with Crippen LogP contribution >= 0.6 is 0 Å². The van der Waals surface area contributed by atoms with Crippen molar-refractivity contribution in [3.63, 3.8) is 0 Å². The number of hydrogen-bond acceptors (Lipinski definition) is 2. The second kappa shape index (κ2) is 6.36. The lowest BCUT2D eigenvalue weighted by molar-refractivity contribution is -0.158. The molecule has 25 heavy (non-hydrogen) atoms. The molecule has 0 amide bonds. The summed E-state index contributed by atoms with van der Waals surface area (Å²) in [4.78, 5) is 24.2. The fourth-order valence-electron chi connectivity index (χ4n) is 4.36. The molecule has 1 saturated carbocycles. The minimum Gasteiger partial charge on any atom is -0.480 e. The number of hydrogen-bond donors (Lipinski definition) is 2. The average Bonchev–Trinajstić information content (AvgIpc) is 3.27. The van der Waals surface area contributed by atoms with Crippen LogP contribution in [0.25, 0.3) is 0 Å². The summed E-state index contributed by atoms with van der Waals surface area (Å²) in [5.41, 5.74) is -0.00161. The second-order valence-corrected chi connectivity index (χ2v) is 7.07. The Bertz CT molecular complexity index is 753. The summed E-state index contributed by atoms with van der Waals surface area (Å²) in [6.45, 7) is 4.04. The highest BCUT2D eigenvalue weighted by Crippen LogP contribution is 2.71. The van der Waals surface area contributed by atoms with Gasteiger partial charge in [0.1, 0.15) is 0 Å². The summed E-state index contributed by atoms with van der Waals surface area (Å²) in [6.07, 6.45) is 0. The maximum absolute atomic E-state index is 12.1. The van der Waals surface area contributed by atoms with Crippen molar-refractivity contribution in [1.29, 1.82) is 0 Å². The van der Waals surface area contributed by atoms with E-state index in [1.807, 2.05) is 74.5 Å². The fraction of sp³-hybridized carbons (Fsp3) is 0.333. The van der Waals surface area contributed by atoms with Crippen molar-refractivity contribution in [2.24, 2.45) is 17.3 Å². The SMILES string of the molecule is CC(C)C(c1ccccc1)C1C(c2ccccc2)C1(C(=O)O)C(=O)O. The van der Waals surface area contributed by atoms with Gasteiger partial charge in [0.15, 0.2) is 5.41 Å². The zero-order chi connectivity index (χ0) is 18.2. The third-order valence-electron chi connectivity index (χ3n) is 5.42. The first-order valence-corrected chi connectivity index (χ1v) is 8.49. The Morgan fingerprint density at radius 1 is 0.880 bits per heavy atom. The van der Waals surface area contributed by atoms with Crippen LogP contribution in [0, 0.1) is 17.3 Å². The van der Waals surface area contributed by atoms with Crippen LogP contribution < -0.4 is 0 Å².